The first-order valence-corrected chi connectivity index (χ1v) is 6.14. The third-order valence-electron chi connectivity index (χ3n) is 2.67. The molecule has 0 aliphatic heterocycles. The van der Waals surface area contributed by atoms with E-state index in [9.17, 15) is 9.18 Å². The van der Waals surface area contributed by atoms with Gasteiger partial charge in [-0.2, -0.15) is 0 Å². The Labute approximate surface area is 113 Å². The summed E-state index contributed by atoms with van der Waals surface area (Å²) in [5.41, 5.74) is 7.47. The predicted octanol–water partition coefficient (Wildman–Crippen LogP) is 3.71. The Hall–Kier alpha value is -1.68. The fraction of sp³-hybridized carbons (Fsp3) is 0.0714. The van der Waals surface area contributed by atoms with Crippen molar-refractivity contribution in [3.05, 3.63) is 63.4 Å². The maximum absolute atomic E-state index is 13.7. The number of nitrogen functional groups attached to an aromatic ring is 1. The first kappa shape index (κ1) is 12.8. The molecule has 0 aromatic heterocycles. The minimum atomic E-state index is -0.536. The fourth-order valence-corrected chi connectivity index (χ4v) is 2.09. The van der Waals surface area contributed by atoms with E-state index in [0.29, 0.717) is 15.7 Å². The molecule has 2 rings (SSSR count). The molecule has 0 aliphatic rings. The van der Waals surface area contributed by atoms with Gasteiger partial charge in [-0.15, -0.1) is 0 Å². The minimum Gasteiger partial charge on any atom is -0.399 e. The smallest absolute Gasteiger partial charge is 0.196 e. The SMILES string of the molecule is Cc1cc(N)ccc1C(=O)c1ccc(Br)cc1F. The maximum atomic E-state index is 13.7. The summed E-state index contributed by atoms with van der Waals surface area (Å²) in [5, 5.41) is 0. The zero-order valence-electron chi connectivity index (χ0n) is 9.71. The predicted molar refractivity (Wildman–Crippen MR) is 73.1 cm³/mol. The molecule has 18 heavy (non-hydrogen) atoms. The summed E-state index contributed by atoms with van der Waals surface area (Å²) in [6.07, 6.45) is 0. The van der Waals surface area contributed by atoms with Crippen LogP contribution in [0.25, 0.3) is 0 Å². The Bertz CT molecular complexity index is 572. The lowest BCUT2D eigenvalue weighted by Crippen LogP contribution is -2.06. The van der Waals surface area contributed by atoms with Crippen molar-refractivity contribution in [1.82, 2.24) is 0 Å². The van der Waals surface area contributed by atoms with Crippen molar-refractivity contribution < 1.29 is 9.18 Å². The van der Waals surface area contributed by atoms with Crippen molar-refractivity contribution in [2.75, 3.05) is 5.73 Å². The largest absolute Gasteiger partial charge is 0.399 e. The molecule has 0 radical (unpaired) electrons. The maximum Gasteiger partial charge on any atom is 0.196 e. The van der Waals surface area contributed by atoms with E-state index in [1.54, 1.807) is 31.2 Å². The van der Waals surface area contributed by atoms with Crippen LogP contribution >= 0.6 is 15.9 Å². The summed E-state index contributed by atoms with van der Waals surface area (Å²) in [6.45, 7) is 1.78. The molecule has 0 fully saturated rings. The number of carbonyl (C=O) groups excluding carboxylic acids is 1. The third-order valence-corrected chi connectivity index (χ3v) is 3.16. The van der Waals surface area contributed by atoms with Crippen molar-refractivity contribution in [2.24, 2.45) is 0 Å². The number of nitrogens with two attached hydrogens (primary N) is 1. The van der Waals surface area contributed by atoms with E-state index >= 15 is 0 Å². The molecule has 0 amide bonds. The van der Waals surface area contributed by atoms with Gasteiger partial charge in [-0.3, -0.25) is 4.79 Å². The highest BCUT2D eigenvalue weighted by Gasteiger charge is 2.16. The Kier molecular flexibility index (Phi) is 3.48. The summed E-state index contributed by atoms with van der Waals surface area (Å²) < 4.78 is 14.3. The van der Waals surface area contributed by atoms with E-state index in [1.165, 1.54) is 12.1 Å². The molecular formula is C14H11BrFNO. The molecule has 2 nitrogen and oxygen atoms in total. The number of rotatable bonds is 2. The van der Waals surface area contributed by atoms with Gasteiger partial charge < -0.3 is 5.73 Å². The summed E-state index contributed by atoms with van der Waals surface area (Å²) in [6, 6.07) is 9.34. The lowest BCUT2D eigenvalue weighted by Gasteiger charge is -2.07. The van der Waals surface area contributed by atoms with Gasteiger partial charge in [0.2, 0.25) is 0 Å². The van der Waals surface area contributed by atoms with Crippen LogP contribution in [0.2, 0.25) is 0 Å². The molecule has 0 aliphatic carbocycles. The van der Waals surface area contributed by atoms with Crippen molar-refractivity contribution in [3.8, 4) is 0 Å². The molecule has 92 valence electrons. The second kappa shape index (κ2) is 4.90. The Balaban J connectivity index is 2.48. The Morgan fingerprint density at radius 2 is 1.83 bits per heavy atom. The van der Waals surface area contributed by atoms with E-state index in [-0.39, 0.29) is 11.3 Å². The summed E-state index contributed by atoms with van der Waals surface area (Å²) in [5.74, 6) is -0.872. The summed E-state index contributed by atoms with van der Waals surface area (Å²) >= 11 is 3.16. The molecule has 0 saturated heterocycles. The zero-order chi connectivity index (χ0) is 13.3. The number of halogens is 2. The quantitative estimate of drug-likeness (QED) is 0.679. The van der Waals surface area contributed by atoms with Crippen molar-refractivity contribution >= 4 is 27.4 Å². The van der Waals surface area contributed by atoms with E-state index in [4.69, 9.17) is 5.73 Å². The molecule has 0 atom stereocenters. The summed E-state index contributed by atoms with van der Waals surface area (Å²) in [7, 11) is 0. The van der Waals surface area contributed by atoms with Gasteiger partial charge in [0.15, 0.2) is 5.78 Å². The normalized spacial score (nSPS) is 10.4. The number of hydrogen-bond donors (Lipinski definition) is 1. The van der Waals surface area contributed by atoms with E-state index in [1.807, 2.05) is 0 Å². The van der Waals surface area contributed by atoms with Crippen LogP contribution in [0.1, 0.15) is 21.5 Å². The minimum absolute atomic E-state index is 0.0612. The molecular weight excluding hydrogens is 297 g/mol. The summed E-state index contributed by atoms with van der Waals surface area (Å²) in [4.78, 5) is 12.2. The van der Waals surface area contributed by atoms with E-state index in [2.05, 4.69) is 15.9 Å². The molecule has 2 aromatic rings. The van der Waals surface area contributed by atoms with Gasteiger partial charge in [0.05, 0.1) is 5.56 Å². The van der Waals surface area contributed by atoms with Gasteiger partial charge in [0.25, 0.3) is 0 Å². The van der Waals surface area contributed by atoms with Crippen molar-refractivity contribution in [1.29, 1.82) is 0 Å². The van der Waals surface area contributed by atoms with E-state index in [0.717, 1.165) is 5.56 Å². The highest BCUT2D eigenvalue weighted by Crippen LogP contribution is 2.21. The highest BCUT2D eigenvalue weighted by molar-refractivity contribution is 9.10. The molecule has 0 bridgehead atoms. The van der Waals surface area contributed by atoms with Crippen LogP contribution in [0.5, 0.6) is 0 Å². The van der Waals surface area contributed by atoms with Gasteiger partial charge in [-0.1, -0.05) is 15.9 Å². The number of anilines is 1. The molecule has 4 heteroatoms. The van der Waals surface area contributed by atoms with Crippen LogP contribution in [-0.4, -0.2) is 5.78 Å². The van der Waals surface area contributed by atoms with Crippen LogP contribution in [0, 0.1) is 12.7 Å². The number of carbonyl (C=O) groups is 1. The van der Waals surface area contributed by atoms with Gasteiger partial charge in [-0.05, 0) is 48.9 Å². The second-order valence-corrected chi connectivity index (χ2v) is 4.94. The first-order chi connectivity index (χ1) is 8.49. The number of benzene rings is 2. The number of aryl methyl sites for hydroxylation is 1. The van der Waals surface area contributed by atoms with Crippen LogP contribution in [0.15, 0.2) is 40.9 Å². The molecule has 0 unspecified atom stereocenters. The third kappa shape index (κ3) is 2.43. The molecule has 0 saturated carbocycles. The fourth-order valence-electron chi connectivity index (χ4n) is 1.76. The van der Waals surface area contributed by atoms with Crippen molar-refractivity contribution in [3.63, 3.8) is 0 Å². The van der Waals surface area contributed by atoms with Crippen LogP contribution in [0.3, 0.4) is 0 Å². The Morgan fingerprint density at radius 1 is 1.17 bits per heavy atom. The van der Waals surface area contributed by atoms with Crippen LogP contribution in [-0.2, 0) is 0 Å². The molecule has 0 spiro atoms. The lowest BCUT2D eigenvalue weighted by atomic mass is 9.98. The van der Waals surface area contributed by atoms with Crippen molar-refractivity contribution in [2.45, 2.75) is 6.92 Å². The van der Waals surface area contributed by atoms with Gasteiger partial charge >= 0.3 is 0 Å². The van der Waals surface area contributed by atoms with Gasteiger partial charge in [0.1, 0.15) is 5.82 Å². The standard InChI is InChI=1S/C14H11BrFNO/c1-8-6-10(17)3-5-11(8)14(18)12-4-2-9(15)7-13(12)16/h2-7H,17H2,1H3. The second-order valence-electron chi connectivity index (χ2n) is 4.03. The van der Waals surface area contributed by atoms with Crippen LogP contribution < -0.4 is 5.73 Å². The van der Waals surface area contributed by atoms with Crippen LogP contribution in [0.4, 0.5) is 10.1 Å². The monoisotopic (exact) mass is 307 g/mol. The van der Waals surface area contributed by atoms with Gasteiger partial charge in [0, 0.05) is 15.7 Å². The zero-order valence-corrected chi connectivity index (χ0v) is 11.3. The van der Waals surface area contributed by atoms with E-state index < -0.39 is 5.82 Å². The van der Waals surface area contributed by atoms with Gasteiger partial charge in [-0.25, -0.2) is 4.39 Å². The first-order valence-electron chi connectivity index (χ1n) is 5.35. The average Bonchev–Trinajstić information content (AvgIpc) is 2.28. The highest BCUT2D eigenvalue weighted by atomic mass is 79.9. The Morgan fingerprint density at radius 3 is 2.44 bits per heavy atom. The topological polar surface area (TPSA) is 43.1 Å². The molecule has 2 aromatic carbocycles. The molecule has 0 heterocycles. The molecule has 2 N–H and O–H groups in total. The lowest BCUT2D eigenvalue weighted by molar-refractivity contribution is 0.103. The average molecular weight is 308 g/mol. The number of ketones is 1. The number of hydrogen-bond acceptors (Lipinski definition) is 2.